The van der Waals surface area contributed by atoms with Crippen molar-refractivity contribution in [3.8, 4) is 11.5 Å². The topological polar surface area (TPSA) is 35.5 Å². The molecule has 0 aliphatic heterocycles. The summed E-state index contributed by atoms with van der Waals surface area (Å²) in [6.07, 6.45) is 1.66. The lowest BCUT2D eigenvalue weighted by Crippen LogP contribution is -1.98. The largest absolute Gasteiger partial charge is 0.455 e. The van der Waals surface area contributed by atoms with E-state index in [4.69, 9.17) is 9.05 Å². The summed E-state index contributed by atoms with van der Waals surface area (Å²) < 4.78 is 23.6. The van der Waals surface area contributed by atoms with Crippen LogP contribution in [0.5, 0.6) is 11.5 Å². The number of hydrogen-bond donors (Lipinski definition) is 0. The van der Waals surface area contributed by atoms with E-state index in [0.717, 1.165) is 0 Å². The highest BCUT2D eigenvalue weighted by Gasteiger charge is 2.23. The van der Waals surface area contributed by atoms with Crippen molar-refractivity contribution in [2.75, 3.05) is 0 Å². The predicted octanol–water partition coefficient (Wildman–Crippen LogP) is 4.87. The van der Waals surface area contributed by atoms with Gasteiger partial charge in [0.25, 0.3) is 0 Å². The van der Waals surface area contributed by atoms with Crippen LogP contribution in [0.3, 0.4) is 0 Å². The van der Waals surface area contributed by atoms with Gasteiger partial charge in [0, 0.05) is 5.82 Å². The minimum atomic E-state index is -3.34. The molecule has 0 fully saturated rings. The molecule has 0 amide bonds. The zero-order valence-corrected chi connectivity index (χ0v) is 11.5. The van der Waals surface area contributed by atoms with Gasteiger partial charge in [-0.15, -0.1) is 0 Å². The van der Waals surface area contributed by atoms with Gasteiger partial charge in [0.05, 0.1) is 0 Å². The summed E-state index contributed by atoms with van der Waals surface area (Å²) in [6.45, 7) is 1.77. The highest BCUT2D eigenvalue weighted by molar-refractivity contribution is 7.58. The van der Waals surface area contributed by atoms with Gasteiger partial charge < -0.3 is 9.05 Å². The van der Waals surface area contributed by atoms with E-state index in [2.05, 4.69) is 0 Å². The Morgan fingerprint density at radius 3 is 1.63 bits per heavy atom. The number of benzene rings is 2. The van der Waals surface area contributed by atoms with Crippen molar-refractivity contribution < 1.29 is 13.6 Å². The van der Waals surface area contributed by atoms with Crippen LogP contribution < -0.4 is 9.05 Å². The SMILES string of the molecule is CC=CP(=O)(Oc1ccccc1)Oc1ccccc1. The summed E-state index contributed by atoms with van der Waals surface area (Å²) in [5.74, 6) is 2.48. The molecule has 0 radical (unpaired) electrons. The van der Waals surface area contributed by atoms with E-state index in [1.54, 1.807) is 37.3 Å². The number of hydrogen-bond acceptors (Lipinski definition) is 3. The van der Waals surface area contributed by atoms with Crippen LogP contribution in [0.25, 0.3) is 0 Å². The molecule has 2 rings (SSSR count). The molecule has 4 heteroatoms. The molecule has 19 heavy (non-hydrogen) atoms. The Balaban J connectivity index is 2.21. The van der Waals surface area contributed by atoms with Gasteiger partial charge in [-0.2, -0.15) is 0 Å². The number of para-hydroxylation sites is 2. The third-order valence-electron chi connectivity index (χ3n) is 2.28. The first-order chi connectivity index (χ1) is 9.22. The second-order valence-corrected chi connectivity index (χ2v) is 5.57. The second kappa shape index (κ2) is 6.26. The lowest BCUT2D eigenvalue weighted by atomic mass is 10.3. The van der Waals surface area contributed by atoms with E-state index in [1.165, 1.54) is 5.82 Å². The molecule has 0 heterocycles. The zero-order valence-electron chi connectivity index (χ0n) is 10.6. The molecule has 0 saturated carbocycles. The molecule has 0 aliphatic rings. The molecule has 98 valence electrons. The first-order valence-electron chi connectivity index (χ1n) is 5.95. The van der Waals surface area contributed by atoms with Crippen LogP contribution in [0.1, 0.15) is 6.92 Å². The van der Waals surface area contributed by atoms with Crippen molar-refractivity contribution in [3.05, 3.63) is 72.6 Å². The molecule has 0 aromatic heterocycles. The maximum Gasteiger partial charge on any atom is 0.455 e. The fourth-order valence-corrected chi connectivity index (χ4v) is 2.87. The number of allylic oxidation sites excluding steroid dienone is 1. The van der Waals surface area contributed by atoms with Crippen LogP contribution in [0.4, 0.5) is 0 Å². The predicted molar refractivity (Wildman–Crippen MR) is 76.6 cm³/mol. The Morgan fingerprint density at radius 2 is 1.26 bits per heavy atom. The first-order valence-corrected chi connectivity index (χ1v) is 7.56. The third-order valence-corrected chi connectivity index (χ3v) is 3.88. The van der Waals surface area contributed by atoms with Gasteiger partial charge in [0.15, 0.2) is 0 Å². The van der Waals surface area contributed by atoms with Gasteiger partial charge in [-0.3, -0.25) is 0 Å². The van der Waals surface area contributed by atoms with Gasteiger partial charge in [-0.1, -0.05) is 42.5 Å². The van der Waals surface area contributed by atoms with Crippen molar-refractivity contribution in [3.63, 3.8) is 0 Å². The highest BCUT2D eigenvalue weighted by Crippen LogP contribution is 2.49. The Bertz CT molecular complexity index is 533. The second-order valence-electron chi connectivity index (χ2n) is 3.83. The molecule has 2 aromatic carbocycles. The Hall–Kier alpha value is -1.99. The van der Waals surface area contributed by atoms with Crippen molar-refractivity contribution in [2.24, 2.45) is 0 Å². The number of rotatable bonds is 5. The monoisotopic (exact) mass is 274 g/mol. The third kappa shape index (κ3) is 4.01. The van der Waals surface area contributed by atoms with E-state index in [9.17, 15) is 4.57 Å². The molecule has 2 aromatic rings. The van der Waals surface area contributed by atoms with Crippen LogP contribution in [0, 0.1) is 0 Å². The van der Waals surface area contributed by atoms with Crippen molar-refractivity contribution in [1.82, 2.24) is 0 Å². The van der Waals surface area contributed by atoms with Crippen LogP contribution >= 0.6 is 7.60 Å². The van der Waals surface area contributed by atoms with Gasteiger partial charge >= 0.3 is 7.60 Å². The molecule has 3 nitrogen and oxygen atoms in total. The lowest BCUT2D eigenvalue weighted by molar-refractivity contribution is 0.398. The lowest BCUT2D eigenvalue weighted by Gasteiger charge is -2.16. The normalized spacial score (nSPS) is 11.4. The molecule has 0 saturated heterocycles. The molecular formula is C15H15O3P. The molecule has 0 aliphatic carbocycles. The fraction of sp³-hybridized carbons (Fsp3) is 0.0667. The Kier molecular flexibility index (Phi) is 4.43. The maximum absolute atomic E-state index is 12.6. The fourth-order valence-electron chi connectivity index (χ4n) is 1.52. The van der Waals surface area contributed by atoms with Crippen molar-refractivity contribution >= 4 is 7.60 Å². The molecule has 0 spiro atoms. The Labute approximate surface area is 113 Å². The van der Waals surface area contributed by atoms with Crippen LogP contribution in [-0.4, -0.2) is 0 Å². The van der Waals surface area contributed by atoms with Crippen LogP contribution in [0.15, 0.2) is 72.6 Å². The van der Waals surface area contributed by atoms with E-state index in [1.807, 2.05) is 36.4 Å². The molecule has 0 atom stereocenters. The molecule has 0 bridgehead atoms. The minimum Gasteiger partial charge on any atom is -0.413 e. The maximum atomic E-state index is 12.6. The van der Waals surface area contributed by atoms with E-state index >= 15 is 0 Å². The van der Waals surface area contributed by atoms with Crippen molar-refractivity contribution in [2.45, 2.75) is 6.92 Å². The van der Waals surface area contributed by atoms with E-state index in [0.29, 0.717) is 11.5 Å². The summed E-state index contributed by atoms with van der Waals surface area (Å²) >= 11 is 0. The first kappa shape index (κ1) is 13.4. The molecular weight excluding hydrogens is 259 g/mol. The standard InChI is InChI=1S/C15H15O3P/c1-2-13-19(16,17-14-9-5-3-6-10-14)18-15-11-7-4-8-12-15/h2-13H,1H3. The van der Waals surface area contributed by atoms with E-state index in [-0.39, 0.29) is 0 Å². The van der Waals surface area contributed by atoms with Crippen molar-refractivity contribution in [1.29, 1.82) is 0 Å². The molecule has 0 unspecified atom stereocenters. The van der Waals surface area contributed by atoms with Gasteiger partial charge in [-0.05, 0) is 31.2 Å². The van der Waals surface area contributed by atoms with Crippen LogP contribution in [0.2, 0.25) is 0 Å². The average Bonchev–Trinajstić information content (AvgIpc) is 2.41. The van der Waals surface area contributed by atoms with E-state index < -0.39 is 7.60 Å². The zero-order chi connectivity index (χ0) is 13.6. The van der Waals surface area contributed by atoms with Crippen LogP contribution in [-0.2, 0) is 4.57 Å². The summed E-state index contributed by atoms with van der Waals surface area (Å²) in [6, 6.07) is 18.0. The Morgan fingerprint density at radius 1 is 0.842 bits per heavy atom. The summed E-state index contributed by atoms with van der Waals surface area (Å²) in [4.78, 5) is 0. The highest BCUT2D eigenvalue weighted by atomic mass is 31.2. The summed E-state index contributed by atoms with van der Waals surface area (Å²) in [7, 11) is -3.34. The minimum absolute atomic E-state index is 0.514. The van der Waals surface area contributed by atoms with Gasteiger partial charge in [0.2, 0.25) is 0 Å². The smallest absolute Gasteiger partial charge is 0.413 e. The summed E-state index contributed by atoms with van der Waals surface area (Å²) in [5, 5.41) is 0. The quantitative estimate of drug-likeness (QED) is 0.729. The average molecular weight is 274 g/mol. The summed E-state index contributed by atoms with van der Waals surface area (Å²) in [5.41, 5.74) is 0. The van der Waals surface area contributed by atoms with Gasteiger partial charge in [-0.25, -0.2) is 4.57 Å². The molecule has 0 N–H and O–H groups in total. The van der Waals surface area contributed by atoms with Gasteiger partial charge in [0.1, 0.15) is 11.5 Å².